The summed E-state index contributed by atoms with van der Waals surface area (Å²) in [4.78, 5) is 0. The first-order valence-electron chi connectivity index (χ1n) is 7.32. The molecule has 112 valence electrons. The summed E-state index contributed by atoms with van der Waals surface area (Å²) in [5.74, 6) is 2.79. The fourth-order valence-electron chi connectivity index (χ4n) is 2.93. The van der Waals surface area contributed by atoms with Crippen LogP contribution in [0.2, 0.25) is 0 Å². The Morgan fingerprint density at radius 1 is 1.24 bits per heavy atom. The van der Waals surface area contributed by atoms with Gasteiger partial charge >= 0.3 is 0 Å². The highest BCUT2D eigenvalue weighted by atomic mass is 16.5. The van der Waals surface area contributed by atoms with Crippen LogP contribution in [0.3, 0.4) is 0 Å². The van der Waals surface area contributed by atoms with Crippen molar-refractivity contribution in [3.63, 3.8) is 0 Å². The van der Waals surface area contributed by atoms with Crippen LogP contribution in [0.5, 0.6) is 11.5 Å². The zero-order valence-corrected chi connectivity index (χ0v) is 12.5. The van der Waals surface area contributed by atoms with Gasteiger partial charge in [-0.15, -0.1) is 0 Å². The molecule has 1 N–H and O–H groups in total. The minimum Gasteiger partial charge on any atom is -0.497 e. The molecule has 1 unspecified atom stereocenters. The van der Waals surface area contributed by atoms with Crippen molar-refractivity contribution < 1.29 is 13.9 Å². The average molecular weight is 287 g/mol. The highest BCUT2D eigenvalue weighted by Gasteiger charge is 2.22. The molecule has 0 saturated carbocycles. The van der Waals surface area contributed by atoms with E-state index in [1.54, 1.807) is 20.5 Å². The Morgan fingerprint density at radius 3 is 2.95 bits per heavy atom. The number of hydrogen-bond donors (Lipinski definition) is 1. The molecule has 3 rings (SSSR count). The van der Waals surface area contributed by atoms with Gasteiger partial charge in [-0.25, -0.2) is 0 Å². The molecule has 4 nitrogen and oxygen atoms in total. The number of rotatable bonds is 5. The van der Waals surface area contributed by atoms with Gasteiger partial charge in [-0.1, -0.05) is 6.07 Å². The van der Waals surface area contributed by atoms with Gasteiger partial charge in [0, 0.05) is 36.2 Å². The van der Waals surface area contributed by atoms with Crippen LogP contribution in [-0.2, 0) is 13.0 Å². The van der Waals surface area contributed by atoms with Crippen molar-refractivity contribution in [3.8, 4) is 11.5 Å². The Labute approximate surface area is 125 Å². The van der Waals surface area contributed by atoms with Crippen molar-refractivity contribution in [1.82, 2.24) is 5.32 Å². The zero-order chi connectivity index (χ0) is 14.7. The lowest BCUT2D eigenvalue weighted by Gasteiger charge is -2.23. The standard InChI is InChI=1S/C17H21NO3/c1-19-13-7-6-12(17(10-13)20-2)11-18-15-4-3-5-16-14(15)8-9-21-16/h6-10,15,18H,3-5,11H2,1-2H3. The number of benzene rings is 1. The van der Waals surface area contributed by atoms with Crippen molar-refractivity contribution in [2.75, 3.05) is 14.2 Å². The molecule has 0 amide bonds. The normalized spacial score (nSPS) is 17.3. The van der Waals surface area contributed by atoms with E-state index >= 15 is 0 Å². The first-order chi connectivity index (χ1) is 10.3. The molecule has 0 radical (unpaired) electrons. The van der Waals surface area contributed by atoms with Crippen molar-refractivity contribution in [1.29, 1.82) is 0 Å². The van der Waals surface area contributed by atoms with Gasteiger partial charge in [0.15, 0.2) is 0 Å². The molecule has 0 aliphatic heterocycles. The van der Waals surface area contributed by atoms with Crippen LogP contribution >= 0.6 is 0 Å². The molecule has 4 heteroatoms. The molecule has 1 aromatic heterocycles. The second-order valence-electron chi connectivity index (χ2n) is 5.30. The number of aryl methyl sites for hydroxylation is 1. The highest BCUT2D eigenvalue weighted by Crippen LogP contribution is 2.31. The predicted octanol–water partition coefficient (Wildman–Crippen LogP) is 3.46. The summed E-state index contributed by atoms with van der Waals surface area (Å²) in [6, 6.07) is 8.37. The third-order valence-corrected chi connectivity index (χ3v) is 4.09. The minimum atomic E-state index is 0.360. The molecular weight excluding hydrogens is 266 g/mol. The fourth-order valence-corrected chi connectivity index (χ4v) is 2.93. The van der Waals surface area contributed by atoms with Gasteiger partial charge in [0.1, 0.15) is 17.3 Å². The topological polar surface area (TPSA) is 43.6 Å². The maximum atomic E-state index is 5.53. The van der Waals surface area contributed by atoms with E-state index in [1.165, 1.54) is 5.56 Å². The lowest BCUT2D eigenvalue weighted by molar-refractivity contribution is 0.383. The van der Waals surface area contributed by atoms with Crippen molar-refractivity contribution in [3.05, 3.63) is 47.4 Å². The van der Waals surface area contributed by atoms with Crippen LogP contribution < -0.4 is 14.8 Å². The monoisotopic (exact) mass is 287 g/mol. The van der Waals surface area contributed by atoms with Crippen LogP contribution in [0, 0.1) is 0 Å². The van der Waals surface area contributed by atoms with Gasteiger partial charge in [0.2, 0.25) is 0 Å². The van der Waals surface area contributed by atoms with Gasteiger partial charge in [-0.3, -0.25) is 0 Å². The Bertz CT molecular complexity index is 606. The third kappa shape index (κ3) is 2.90. The molecule has 2 aromatic rings. The second-order valence-corrected chi connectivity index (χ2v) is 5.30. The number of ether oxygens (including phenoxy) is 2. The minimum absolute atomic E-state index is 0.360. The number of fused-ring (bicyclic) bond motifs is 1. The van der Waals surface area contributed by atoms with E-state index in [0.29, 0.717) is 6.04 Å². The molecule has 0 saturated heterocycles. The van der Waals surface area contributed by atoms with E-state index in [1.807, 2.05) is 18.2 Å². The Morgan fingerprint density at radius 2 is 2.14 bits per heavy atom. The maximum absolute atomic E-state index is 5.53. The van der Waals surface area contributed by atoms with Gasteiger partial charge in [0.05, 0.1) is 20.5 Å². The first-order valence-corrected chi connectivity index (χ1v) is 7.32. The van der Waals surface area contributed by atoms with E-state index < -0.39 is 0 Å². The van der Waals surface area contributed by atoms with E-state index in [2.05, 4.69) is 11.4 Å². The molecule has 0 spiro atoms. The van der Waals surface area contributed by atoms with Gasteiger partial charge in [-0.2, -0.15) is 0 Å². The quantitative estimate of drug-likeness (QED) is 0.914. The summed E-state index contributed by atoms with van der Waals surface area (Å²) in [6.45, 7) is 0.766. The Kier molecular flexibility index (Phi) is 4.15. The van der Waals surface area contributed by atoms with E-state index in [-0.39, 0.29) is 0 Å². The molecule has 0 fully saturated rings. The summed E-state index contributed by atoms with van der Waals surface area (Å²) in [5, 5.41) is 3.61. The van der Waals surface area contributed by atoms with E-state index in [0.717, 1.165) is 48.6 Å². The molecule has 0 bridgehead atoms. The van der Waals surface area contributed by atoms with Crippen LogP contribution in [-0.4, -0.2) is 14.2 Å². The summed E-state index contributed by atoms with van der Waals surface area (Å²) in [6.07, 6.45) is 5.15. The fraction of sp³-hybridized carbons (Fsp3) is 0.412. The molecular formula is C17H21NO3. The van der Waals surface area contributed by atoms with E-state index in [9.17, 15) is 0 Å². The summed E-state index contributed by atoms with van der Waals surface area (Å²) in [7, 11) is 3.35. The summed E-state index contributed by atoms with van der Waals surface area (Å²) < 4.78 is 16.2. The Balaban J connectivity index is 1.71. The zero-order valence-electron chi connectivity index (χ0n) is 12.5. The number of nitrogens with one attached hydrogen (secondary N) is 1. The smallest absolute Gasteiger partial charge is 0.127 e. The summed E-state index contributed by atoms with van der Waals surface area (Å²) in [5.41, 5.74) is 2.43. The molecule has 1 aliphatic rings. The number of furan rings is 1. The lowest BCUT2D eigenvalue weighted by atomic mass is 9.93. The molecule has 21 heavy (non-hydrogen) atoms. The van der Waals surface area contributed by atoms with Gasteiger partial charge in [0.25, 0.3) is 0 Å². The van der Waals surface area contributed by atoms with Crippen molar-refractivity contribution >= 4 is 0 Å². The SMILES string of the molecule is COc1ccc(CNC2CCCc3occc32)c(OC)c1. The lowest BCUT2D eigenvalue weighted by Crippen LogP contribution is -2.24. The largest absolute Gasteiger partial charge is 0.497 e. The van der Waals surface area contributed by atoms with Crippen LogP contribution in [0.25, 0.3) is 0 Å². The van der Waals surface area contributed by atoms with Crippen LogP contribution in [0.4, 0.5) is 0 Å². The first kappa shape index (κ1) is 14.0. The van der Waals surface area contributed by atoms with Gasteiger partial charge < -0.3 is 19.2 Å². The highest BCUT2D eigenvalue weighted by molar-refractivity contribution is 5.40. The summed E-state index contributed by atoms with van der Waals surface area (Å²) >= 11 is 0. The predicted molar refractivity (Wildman–Crippen MR) is 80.8 cm³/mol. The molecule has 1 heterocycles. The molecule has 1 aliphatic carbocycles. The number of hydrogen-bond acceptors (Lipinski definition) is 4. The molecule has 1 atom stereocenters. The second kappa shape index (κ2) is 6.22. The number of methoxy groups -OCH3 is 2. The van der Waals surface area contributed by atoms with Crippen molar-refractivity contribution in [2.24, 2.45) is 0 Å². The molecule has 1 aromatic carbocycles. The maximum Gasteiger partial charge on any atom is 0.127 e. The van der Waals surface area contributed by atoms with Crippen LogP contribution in [0.15, 0.2) is 34.9 Å². The Hall–Kier alpha value is -1.94. The average Bonchev–Trinajstić information content (AvgIpc) is 3.01. The van der Waals surface area contributed by atoms with Gasteiger partial charge in [-0.05, 0) is 25.0 Å². The third-order valence-electron chi connectivity index (χ3n) is 4.09. The van der Waals surface area contributed by atoms with Crippen molar-refractivity contribution in [2.45, 2.75) is 31.8 Å². The van der Waals surface area contributed by atoms with E-state index in [4.69, 9.17) is 13.9 Å². The van der Waals surface area contributed by atoms with Crippen LogP contribution in [0.1, 0.15) is 35.8 Å².